The van der Waals surface area contributed by atoms with Gasteiger partial charge in [0.15, 0.2) is 0 Å². The molecule has 0 saturated carbocycles. The second-order valence-corrected chi connectivity index (χ2v) is 2.71. The highest BCUT2D eigenvalue weighted by Crippen LogP contribution is 2.18. The first-order valence-electron chi connectivity index (χ1n) is 3.71. The Bertz CT molecular complexity index is 182. The molecule has 0 aromatic rings. The first-order chi connectivity index (χ1) is 4.97. The van der Waals surface area contributed by atoms with Crippen LogP contribution in [-0.2, 0) is 0 Å². The van der Waals surface area contributed by atoms with E-state index in [1.54, 1.807) is 0 Å². The van der Waals surface area contributed by atoms with Gasteiger partial charge in [-0.3, -0.25) is 10.6 Å². The van der Waals surface area contributed by atoms with Crippen molar-refractivity contribution >= 4 is 0 Å². The zero-order valence-electron chi connectivity index (χ0n) is 5.88. The second kappa shape index (κ2) is 2.46. The van der Waals surface area contributed by atoms with Crippen molar-refractivity contribution in [1.82, 2.24) is 10.6 Å². The minimum Gasteiger partial charge on any atom is -0.291 e. The third-order valence-corrected chi connectivity index (χ3v) is 2.03. The van der Waals surface area contributed by atoms with Crippen molar-refractivity contribution < 1.29 is 0 Å². The van der Waals surface area contributed by atoms with Crippen molar-refractivity contribution in [3.8, 4) is 0 Å². The van der Waals surface area contributed by atoms with E-state index in [-0.39, 0.29) is 0 Å². The average molecular weight is 135 g/mol. The zero-order valence-corrected chi connectivity index (χ0v) is 5.88. The highest BCUT2D eigenvalue weighted by Gasteiger charge is 2.17. The summed E-state index contributed by atoms with van der Waals surface area (Å²) in [5.74, 6) is 0. The monoisotopic (exact) mass is 135 g/mol. The third-order valence-electron chi connectivity index (χ3n) is 2.03. The molecule has 0 spiro atoms. The molecule has 10 heavy (non-hydrogen) atoms. The molecular weight excluding hydrogens is 124 g/mol. The number of hydrogen-bond donors (Lipinski definition) is 1. The summed E-state index contributed by atoms with van der Waals surface area (Å²) in [6.07, 6.45) is 8.69. The molecule has 0 bridgehead atoms. The predicted octanol–water partition coefficient (Wildman–Crippen LogP) is 0.754. The molecule has 2 heteroatoms. The fourth-order valence-corrected chi connectivity index (χ4v) is 1.43. The van der Waals surface area contributed by atoms with Crippen LogP contribution in [0.4, 0.5) is 0 Å². The van der Waals surface area contributed by atoms with E-state index in [1.807, 2.05) is 6.20 Å². The molecule has 2 rings (SSSR count). The van der Waals surface area contributed by atoms with Crippen LogP contribution >= 0.6 is 0 Å². The van der Waals surface area contributed by atoms with Crippen LogP contribution in [0.25, 0.3) is 0 Å². The minimum atomic E-state index is 0.586. The summed E-state index contributed by atoms with van der Waals surface area (Å²) in [6.45, 7) is 0.794. The minimum absolute atomic E-state index is 0.586. The van der Waals surface area contributed by atoms with E-state index in [9.17, 15) is 0 Å². The standard InChI is InChI=1S/C8H11N2/c1-2-4-8-7(3-1)5-9-6-10-8/h1-2,5,8,10H,3-4,6H2. The maximum atomic E-state index is 4.15. The topological polar surface area (TPSA) is 26.1 Å². The Morgan fingerprint density at radius 2 is 2.50 bits per heavy atom. The van der Waals surface area contributed by atoms with Crippen molar-refractivity contribution in [2.24, 2.45) is 0 Å². The fourth-order valence-electron chi connectivity index (χ4n) is 1.43. The van der Waals surface area contributed by atoms with E-state index in [0.717, 1.165) is 19.5 Å². The molecule has 0 fully saturated rings. The van der Waals surface area contributed by atoms with Gasteiger partial charge >= 0.3 is 0 Å². The summed E-state index contributed by atoms with van der Waals surface area (Å²) in [5, 5.41) is 7.49. The van der Waals surface area contributed by atoms with Gasteiger partial charge in [0.05, 0.1) is 6.67 Å². The zero-order chi connectivity index (χ0) is 6.81. The highest BCUT2D eigenvalue weighted by atomic mass is 15.1. The molecule has 0 saturated heterocycles. The van der Waals surface area contributed by atoms with Crippen molar-refractivity contribution in [3.63, 3.8) is 0 Å². The van der Waals surface area contributed by atoms with Crippen LogP contribution in [-0.4, -0.2) is 12.7 Å². The van der Waals surface area contributed by atoms with E-state index in [1.165, 1.54) is 5.57 Å². The lowest BCUT2D eigenvalue weighted by Crippen LogP contribution is -2.39. The number of fused-ring (bicyclic) bond motifs is 1. The molecule has 0 amide bonds. The molecule has 0 aromatic heterocycles. The summed E-state index contributed by atoms with van der Waals surface area (Å²) < 4.78 is 0. The van der Waals surface area contributed by atoms with Crippen LogP contribution in [0.2, 0.25) is 0 Å². The van der Waals surface area contributed by atoms with Crippen LogP contribution in [0.15, 0.2) is 23.9 Å². The smallest absolute Gasteiger partial charge is 0.0889 e. The van der Waals surface area contributed by atoms with E-state index in [0.29, 0.717) is 6.04 Å². The summed E-state index contributed by atoms with van der Waals surface area (Å²) in [7, 11) is 0. The highest BCUT2D eigenvalue weighted by molar-refractivity contribution is 5.21. The van der Waals surface area contributed by atoms with Gasteiger partial charge in [0.2, 0.25) is 0 Å². The predicted molar refractivity (Wildman–Crippen MR) is 40.4 cm³/mol. The van der Waals surface area contributed by atoms with Gasteiger partial charge in [0.1, 0.15) is 0 Å². The largest absolute Gasteiger partial charge is 0.291 e. The van der Waals surface area contributed by atoms with Gasteiger partial charge in [-0.2, -0.15) is 0 Å². The molecule has 1 aliphatic heterocycles. The van der Waals surface area contributed by atoms with Crippen LogP contribution in [0.1, 0.15) is 12.8 Å². The first kappa shape index (κ1) is 5.98. The number of allylic oxidation sites excluding steroid dienone is 1. The van der Waals surface area contributed by atoms with E-state index in [4.69, 9.17) is 0 Å². The quantitative estimate of drug-likeness (QED) is 0.487. The van der Waals surface area contributed by atoms with Gasteiger partial charge in [-0.1, -0.05) is 12.2 Å². The molecule has 2 aliphatic rings. The van der Waals surface area contributed by atoms with E-state index in [2.05, 4.69) is 22.8 Å². The number of nitrogens with zero attached hydrogens (tertiary/aromatic N) is 1. The van der Waals surface area contributed by atoms with Crippen LogP contribution in [0.3, 0.4) is 0 Å². The Hall–Kier alpha value is -0.760. The van der Waals surface area contributed by atoms with Crippen LogP contribution < -0.4 is 10.6 Å². The van der Waals surface area contributed by atoms with Crippen molar-refractivity contribution in [2.45, 2.75) is 18.9 Å². The molecule has 1 unspecified atom stereocenters. The maximum Gasteiger partial charge on any atom is 0.0889 e. The summed E-state index contributed by atoms with van der Waals surface area (Å²) >= 11 is 0. The Morgan fingerprint density at radius 3 is 3.40 bits per heavy atom. The molecule has 0 aromatic carbocycles. The lowest BCUT2D eigenvalue weighted by Gasteiger charge is -2.26. The molecule has 1 radical (unpaired) electrons. The summed E-state index contributed by atoms with van der Waals surface area (Å²) in [6, 6.07) is 0.586. The first-order valence-corrected chi connectivity index (χ1v) is 3.71. The molecule has 2 nitrogen and oxygen atoms in total. The maximum absolute atomic E-state index is 4.15. The molecule has 53 valence electrons. The van der Waals surface area contributed by atoms with Crippen LogP contribution in [0, 0.1) is 0 Å². The summed E-state index contributed by atoms with van der Waals surface area (Å²) in [4.78, 5) is 0. The second-order valence-electron chi connectivity index (χ2n) is 2.71. The van der Waals surface area contributed by atoms with E-state index >= 15 is 0 Å². The molecule has 1 aliphatic carbocycles. The number of rotatable bonds is 0. The van der Waals surface area contributed by atoms with Crippen molar-refractivity contribution in [3.05, 3.63) is 23.9 Å². The molecule has 1 heterocycles. The summed E-state index contributed by atoms with van der Waals surface area (Å²) in [5.41, 5.74) is 1.44. The van der Waals surface area contributed by atoms with Gasteiger partial charge < -0.3 is 0 Å². The molecule has 1 atom stereocenters. The Balaban J connectivity index is 2.17. The van der Waals surface area contributed by atoms with Gasteiger partial charge in [-0.15, -0.1) is 0 Å². The normalized spacial score (nSPS) is 30.4. The van der Waals surface area contributed by atoms with Gasteiger partial charge in [-0.25, -0.2) is 0 Å². The molecule has 1 N–H and O–H groups in total. The number of nitrogens with one attached hydrogen (secondary N) is 1. The van der Waals surface area contributed by atoms with Crippen molar-refractivity contribution in [1.29, 1.82) is 0 Å². The lowest BCUT2D eigenvalue weighted by molar-refractivity contribution is 0.503. The Labute approximate surface area is 61.0 Å². The Morgan fingerprint density at radius 1 is 1.50 bits per heavy atom. The molecular formula is C8H11N2. The van der Waals surface area contributed by atoms with Gasteiger partial charge in [-0.05, 0) is 18.4 Å². The fraction of sp³-hybridized carbons (Fsp3) is 0.500. The SMILES string of the molecule is C1=CCC2NC[N]C=C2C1. The third kappa shape index (κ3) is 0.948. The van der Waals surface area contributed by atoms with E-state index < -0.39 is 0 Å². The number of hydrogen-bond acceptors (Lipinski definition) is 1. The lowest BCUT2D eigenvalue weighted by atomic mass is 9.95. The average Bonchev–Trinajstić information content (AvgIpc) is 2.05. The van der Waals surface area contributed by atoms with Crippen molar-refractivity contribution in [2.75, 3.05) is 6.67 Å². The van der Waals surface area contributed by atoms with Crippen LogP contribution in [0.5, 0.6) is 0 Å². The Kier molecular flexibility index (Phi) is 1.47. The van der Waals surface area contributed by atoms with Gasteiger partial charge in [0.25, 0.3) is 0 Å². The van der Waals surface area contributed by atoms with Gasteiger partial charge in [0, 0.05) is 12.2 Å².